The van der Waals surface area contributed by atoms with E-state index >= 15 is 0 Å². The number of hydrogen-bond donors (Lipinski definition) is 0. The number of ether oxygens (including phenoxy) is 3. The van der Waals surface area contributed by atoms with Gasteiger partial charge in [0, 0.05) is 0 Å². The minimum absolute atomic E-state index is 0.0368. The molecule has 0 N–H and O–H groups in total. The number of carbonyl (C=O) groups excluding carboxylic acids is 3. The Hall–Kier alpha value is -1.85. The van der Waals surface area contributed by atoms with Crippen LogP contribution in [0.25, 0.3) is 0 Å². The molecule has 0 spiro atoms. The quantitative estimate of drug-likeness (QED) is 0.300. The van der Waals surface area contributed by atoms with E-state index in [1.165, 1.54) is 7.11 Å². The Labute approximate surface area is 112 Å². The first-order valence-electron chi connectivity index (χ1n) is 5.95. The second-order valence-electron chi connectivity index (χ2n) is 4.15. The summed E-state index contributed by atoms with van der Waals surface area (Å²) in [5.74, 6) is -2.25. The molecule has 0 saturated carbocycles. The highest BCUT2D eigenvalue weighted by Gasteiger charge is 2.27. The van der Waals surface area contributed by atoms with E-state index < -0.39 is 30.4 Å². The molecule has 0 aromatic rings. The molecule has 0 aromatic carbocycles. The van der Waals surface area contributed by atoms with E-state index in [-0.39, 0.29) is 18.1 Å². The van der Waals surface area contributed by atoms with Crippen molar-refractivity contribution in [3.63, 3.8) is 0 Å². The standard InChI is InChI=1S/C13H20O6/c1-6-18-10(14)7-11(15)19-12(8(2)3)9(4)13(16)17-5/h8,12H,4,6-7H2,1-3,5H3. The predicted molar refractivity (Wildman–Crippen MR) is 67.1 cm³/mol. The highest BCUT2D eigenvalue weighted by molar-refractivity contribution is 5.93. The van der Waals surface area contributed by atoms with Crippen LogP contribution in [-0.2, 0) is 28.6 Å². The van der Waals surface area contributed by atoms with Gasteiger partial charge in [0.25, 0.3) is 0 Å². The van der Waals surface area contributed by atoms with E-state index in [2.05, 4.69) is 16.1 Å². The molecule has 0 bridgehead atoms. The minimum atomic E-state index is -0.825. The van der Waals surface area contributed by atoms with Crippen molar-refractivity contribution in [2.45, 2.75) is 33.3 Å². The first kappa shape index (κ1) is 17.2. The number of methoxy groups -OCH3 is 1. The molecule has 6 nitrogen and oxygen atoms in total. The lowest BCUT2D eigenvalue weighted by Crippen LogP contribution is -2.30. The Balaban J connectivity index is 4.59. The third-order valence-corrected chi connectivity index (χ3v) is 2.25. The van der Waals surface area contributed by atoms with Gasteiger partial charge in [-0.05, 0) is 12.8 Å². The summed E-state index contributed by atoms with van der Waals surface area (Å²) in [4.78, 5) is 34.0. The van der Waals surface area contributed by atoms with E-state index in [0.29, 0.717) is 0 Å². The molecule has 19 heavy (non-hydrogen) atoms. The first-order valence-corrected chi connectivity index (χ1v) is 5.95. The highest BCUT2D eigenvalue weighted by Crippen LogP contribution is 2.17. The first-order chi connectivity index (χ1) is 8.83. The van der Waals surface area contributed by atoms with Crippen molar-refractivity contribution in [3.05, 3.63) is 12.2 Å². The zero-order chi connectivity index (χ0) is 15.0. The molecule has 108 valence electrons. The smallest absolute Gasteiger partial charge is 0.336 e. The average molecular weight is 272 g/mol. The van der Waals surface area contributed by atoms with Gasteiger partial charge in [0.05, 0.1) is 19.3 Å². The van der Waals surface area contributed by atoms with Gasteiger partial charge in [-0.25, -0.2) is 4.79 Å². The summed E-state index contributed by atoms with van der Waals surface area (Å²) in [5, 5.41) is 0. The molecule has 1 unspecified atom stereocenters. The van der Waals surface area contributed by atoms with Gasteiger partial charge in [0.2, 0.25) is 0 Å². The second-order valence-corrected chi connectivity index (χ2v) is 4.15. The van der Waals surface area contributed by atoms with Gasteiger partial charge < -0.3 is 14.2 Å². The number of hydrogen-bond acceptors (Lipinski definition) is 6. The molecule has 0 aliphatic heterocycles. The highest BCUT2D eigenvalue weighted by atomic mass is 16.6. The molecule has 0 fully saturated rings. The molecule has 6 heteroatoms. The fraction of sp³-hybridized carbons (Fsp3) is 0.615. The van der Waals surface area contributed by atoms with Gasteiger partial charge in [0.1, 0.15) is 12.5 Å². The van der Waals surface area contributed by atoms with Crippen LogP contribution in [0, 0.1) is 5.92 Å². The lowest BCUT2D eigenvalue weighted by atomic mass is 10.00. The van der Waals surface area contributed by atoms with Crippen molar-refractivity contribution in [2.75, 3.05) is 13.7 Å². The van der Waals surface area contributed by atoms with Gasteiger partial charge in [-0.3, -0.25) is 9.59 Å². The molecule has 0 radical (unpaired) electrons. The van der Waals surface area contributed by atoms with Crippen molar-refractivity contribution >= 4 is 17.9 Å². The van der Waals surface area contributed by atoms with Crippen LogP contribution in [0.1, 0.15) is 27.2 Å². The fourth-order valence-corrected chi connectivity index (χ4v) is 1.37. The third kappa shape index (κ3) is 6.03. The lowest BCUT2D eigenvalue weighted by molar-refractivity contribution is -0.158. The van der Waals surface area contributed by atoms with E-state index in [1.54, 1.807) is 20.8 Å². The maximum atomic E-state index is 11.5. The second kappa shape index (κ2) is 8.29. The van der Waals surface area contributed by atoms with Crippen LogP contribution in [0.15, 0.2) is 12.2 Å². The topological polar surface area (TPSA) is 78.9 Å². The monoisotopic (exact) mass is 272 g/mol. The Morgan fingerprint density at radius 1 is 1.16 bits per heavy atom. The molecule has 1 atom stereocenters. The van der Waals surface area contributed by atoms with E-state index in [4.69, 9.17) is 4.74 Å². The molecular formula is C13H20O6. The van der Waals surface area contributed by atoms with Gasteiger partial charge >= 0.3 is 17.9 Å². The van der Waals surface area contributed by atoms with Crippen molar-refractivity contribution in [1.82, 2.24) is 0 Å². The van der Waals surface area contributed by atoms with Gasteiger partial charge in [0.15, 0.2) is 0 Å². The largest absolute Gasteiger partial charge is 0.466 e. The molecule has 0 aliphatic carbocycles. The number of esters is 3. The third-order valence-electron chi connectivity index (χ3n) is 2.25. The molecular weight excluding hydrogens is 252 g/mol. The Kier molecular flexibility index (Phi) is 7.48. The summed E-state index contributed by atoms with van der Waals surface area (Å²) in [5.41, 5.74) is 0.0368. The van der Waals surface area contributed by atoms with Crippen LogP contribution in [0.2, 0.25) is 0 Å². The van der Waals surface area contributed by atoms with Gasteiger partial charge in [-0.15, -0.1) is 0 Å². The Morgan fingerprint density at radius 3 is 2.16 bits per heavy atom. The van der Waals surface area contributed by atoms with Gasteiger partial charge in [-0.2, -0.15) is 0 Å². The summed E-state index contributed by atoms with van der Waals surface area (Å²) < 4.78 is 14.2. The summed E-state index contributed by atoms with van der Waals surface area (Å²) in [6.45, 7) is 8.90. The van der Waals surface area contributed by atoms with Crippen LogP contribution >= 0.6 is 0 Å². The predicted octanol–water partition coefficient (Wildman–Crippen LogP) is 1.24. The van der Waals surface area contributed by atoms with Crippen LogP contribution in [0.3, 0.4) is 0 Å². The lowest BCUT2D eigenvalue weighted by Gasteiger charge is -2.21. The van der Waals surface area contributed by atoms with Crippen molar-refractivity contribution in [1.29, 1.82) is 0 Å². The maximum Gasteiger partial charge on any atom is 0.336 e. The minimum Gasteiger partial charge on any atom is -0.466 e. The molecule has 0 aliphatic rings. The van der Waals surface area contributed by atoms with Crippen LogP contribution in [-0.4, -0.2) is 37.7 Å². The molecule has 0 heterocycles. The molecule has 0 amide bonds. The summed E-state index contributed by atoms with van der Waals surface area (Å²) in [7, 11) is 1.21. The fourth-order valence-electron chi connectivity index (χ4n) is 1.37. The number of rotatable bonds is 7. The Morgan fingerprint density at radius 2 is 1.74 bits per heavy atom. The average Bonchev–Trinajstić information content (AvgIpc) is 2.33. The zero-order valence-electron chi connectivity index (χ0n) is 11.7. The Bertz CT molecular complexity index is 358. The summed E-state index contributed by atoms with van der Waals surface area (Å²) in [6, 6.07) is 0. The van der Waals surface area contributed by atoms with Crippen LogP contribution in [0.4, 0.5) is 0 Å². The number of carbonyl (C=O) groups is 3. The van der Waals surface area contributed by atoms with E-state index in [1.807, 2.05) is 0 Å². The molecule has 0 saturated heterocycles. The molecule has 0 rings (SSSR count). The molecule has 0 aromatic heterocycles. The van der Waals surface area contributed by atoms with Crippen LogP contribution in [0.5, 0.6) is 0 Å². The summed E-state index contributed by atoms with van der Waals surface area (Å²) in [6.07, 6.45) is -1.32. The van der Waals surface area contributed by atoms with Gasteiger partial charge in [-0.1, -0.05) is 20.4 Å². The SMILES string of the molecule is C=C(C(=O)OC)C(OC(=O)CC(=O)OCC)C(C)C. The van der Waals surface area contributed by atoms with E-state index in [9.17, 15) is 14.4 Å². The summed E-state index contributed by atoms with van der Waals surface area (Å²) >= 11 is 0. The van der Waals surface area contributed by atoms with Crippen LogP contribution < -0.4 is 0 Å². The van der Waals surface area contributed by atoms with Crippen molar-refractivity contribution in [2.24, 2.45) is 5.92 Å². The zero-order valence-corrected chi connectivity index (χ0v) is 11.7. The van der Waals surface area contributed by atoms with Crippen molar-refractivity contribution in [3.8, 4) is 0 Å². The van der Waals surface area contributed by atoms with Crippen molar-refractivity contribution < 1.29 is 28.6 Å². The normalized spacial score (nSPS) is 11.6. The van der Waals surface area contributed by atoms with E-state index in [0.717, 1.165) is 0 Å². The maximum absolute atomic E-state index is 11.5.